The Kier molecular flexibility index (Phi) is 6.65. The SMILES string of the molecule is CCCC(CCC)C(=O)NCCn1ccc(-c2cccs2)n1. The molecule has 120 valence electrons. The second-order valence-electron chi connectivity index (χ2n) is 5.51. The summed E-state index contributed by atoms with van der Waals surface area (Å²) in [6, 6.07) is 6.12. The topological polar surface area (TPSA) is 46.9 Å². The summed E-state index contributed by atoms with van der Waals surface area (Å²) in [7, 11) is 0. The van der Waals surface area contributed by atoms with Crippen LogP contribution in [-0.4, -0.2) is 22.2 Å². The summed E-state index contributed by atoms with van der Waals surface area (Å²) >= 11 is 1.69. The molecule has 0 atom stereocenters. The fourth-order valence-electron chi connectivity index (χ4n) is 2.58. The molecule has 4 nitrogen and oxygen atoms in total. The monoisotopic (exact) mass is 319 g/mol. The fourth-order valence-corrected chi connectivity index (χ4v) is 3.27. The molecule has 5 heteroatoms. The smallest absolute Gasteiger partial charge is 0.223 e. The van der Waals surface area contributed by atoms with E-state index in [4.69, 9.17) is 0 Å². The third-order valence-corrected chi connectivity index (χ3v) is 4.59. The third-order valence-electron chi connectivity index (χ3n) is 3.70. The van der Waals surface area contributed by atoms with Crippen molar-refractivity contribution in [3.8, 4) is 10.6 Å². The van der Waals surface area contributed by atoms with Crippen LogP contribution in [0, 0.1) is 5.92 Å². The van der Waals surface area contributed by atoms with E-state index in [0.717, 1.165) is 31.4 Å². The molecule has 2 aromatic rings. The van der Waals surface area contributed by atoms with Gasteiger partial charge in [0.2, 0.25) is 5.91 Å². The van der Waals surface area contributed by atoms with E-state index in [1.54, 1.807) is 11.3 Å². The molecule has 0 aromatic carbocycles. The summed E-state index contributed by atoms with van der Waals surface area (Å²) in [6.07, 6.45) is 6.04. The molecule has 0 aliphatic rings. The predicted octanol–water partition coefficient (Wildman–Crippen LogP) is 3.94. The van der Waals surface area contributed by atoms with Crippen molar-refractivity contribution in [2.75, 3.05) is 6.54 Å². The molecule has 0 fully saturated rings. The second kappa shape index (κ2) is 8.73. The van der Waals surface area contributed by atoms with Gasteiger partial charge in [0.1, 0.15) is 5.69 Å². The van der Waals surface area contributed by atoms with Gasteiger partial charge in [0, 0.05) is 18.7 Å². The quantitative estimate of drug-likeness (QED) is 0.761. The van der Waals surface area contributed by atoms with Crippen molar-refractivity contribution in [3.63, 3.8) is 0 Å². The van der Waals surface area contributed by atoms with E-state index in [9.17, 15) is 4.79 Å². The van der Waals surface area contributed by atoms with E-state index < -0.39 is 0 Å². The minimum atomic E-state index is 0.161. The first kappa shape index (κ1) is 16.7. The molecule has 0 unspecified atom stereocenters. The van der Waals surface area contributed by atoms with E-state index in [0.29, 0.717) is 13.1 Å². The fraction of sp³-hybridized carbons (Fsp3) is 0.529. The number of aromatic nitrogens is 2. The normalized spacial score (nSPS) is 11.0. The first-order chi connectivity index (χ1) is 10.7. The Bertz CT molecular complexity index is 556. The molecule has 1 N–H and O–H groups in total. The molecule has 0 saturated heterocycles. The van der Waals surface area contributed by atoms with E-state index in [1.165, 1.54) is 4.88 Å². The van der Waals surface area contributed by atoms with Gasteiger partial charge >= 0.3 is 0 Å². The largest absolute Gasteiger partial charge is 0.354 e. The molecule has 0 aliphatic heterocycles. The van der Waals surface area contributed by atoms with Crippen molar-refractivity contribution in [2.24, 2.45) is 5.92 Å². The maximum atomic E-state index is 12.2. The third kappa shape index (κ3) is 4.70. The van der Waals surface area contributed by atoms with Gasteiger partial charge in [0.15, 0.2) is 0 Å². The van der Waals surface area contributed by atoms with Crippen LogP contribution in [-0.2, 0) is 11.3 Å². The van der Waals surface area contributed by atoms with Crippen molar-refractivity contribution < 1.29 is 4.79 Å². The molecule has 0 saturated carbocycles. The van der Waals surface area contributed by atoms with Crippen molar-refractivity contribution >= 4 is 17.2 Å². The lowest BCUT2D eigenvalue weighted by atomic mass is 9.97. The molecule has 2 heterocycles. The van der Waals surface area contributed by atoms with E-state index in [-0.39, 0.29) is 11.8 Å². The summed E-state index contributed by atoms with van der Waals surface area (Å²) in [6.45, 7) is 5.61. The maximum absolute atomic E-state index is 12.2. The van der Waals surface area contributed by atoms with Gasteiger partial charge in [-0.25, -0.2) is 0 Å². The van der Waals surface area contributed by atoms with Gasteiger partial charge in [0.25, 0.3) is 0 Å². The summed E-state index contributed by atoms with van der Waals surface area (Å²) in [5.41, 5.74) is 0.996. The van der Waals surface area contributed by atoms with E-state index in [1.807, 2.05) is 23.0 Å². The van der Waals surface area contributed by atoms with Gasteiger partial charge in [0.05, 0.1) is 11.4 Å². The number of hydrogen-bond donors (Lipinski definition) is 1. The van der Waals surface area contributed by atoms with Crippen LogP contribution in [0.5, 0.6) is 0 Å². The number of thiophene rings is 1. The Morgan fingerprint density at radius 2 is 2.09 bits per heavy atom. The number of hydrogen-bond acceptors (Lipinski definition) is 3. The summed E-state index contributed by atoms with van der Waals surface area (Å²) in [5.74, 6) is 0.351. The molecule has 0 bridgehead atoms. The van der Waals surface area contributed by atoms with Crippen LogP contribution in [0.2, 0.25) is 0 Å². The molecule has 0 spiro atoms. The zero-order valence-corrected chi connectivity index (χ0v) is 14.2. The van der Waals surface area contributed by atoms with Crippen molar-refractivity contribution in [1.29, 1.82) is 0 Å². The van der Waals surface area contributed by atoms with Gasteiger partial charge in [-0.2, -0.15) is 5.10 Å². The minimum absolute atomic E-state index is 0.161. The number of carbonyl (C=O) groups excluding carboxylic acids is 1. The summed E-state index contributed by atoms with van der Waals surface area (Å²) in [5, 5.41) is 9.64. The van der Waals surface area contributed by atoms with E-state index >= 15 is 0 Å². The molecule has 0 aliphatic carbocycles. The van der Waals surface area contributed by atoms with Crippen molar-refractivity contribution in [2.45, 2.75) is 46.1 Å². The van der Waals surface area contributed by atoms with Crippen LogP contribution in [0.4, 0.5) is 0 Å². The van der Waals surface area contributed by atoms with Crippen LogP contribution in [0.3, 0.4) is 0 Å². The first-order valence-corrected chi connectivity index (χ1v) is 8.97. The summed E-state index contributed by atoms with van der Waals surface area (Å²) in [4.78, 5) is 13.3. The van der Waals surface area contributed by atoms with Gasteiger partial charge in [-0.1, -0.05) is 32.8 Å². The van der Waals surface area contributed by atoms with Crippen LogP contribution in [0.15, 0.2) is 29.8 Å². The highest BCUT2D eigenvalue weighted by Crippen LogP contribution is 2.22. The van der Waals surface area contributed by atoms with Crippen LogP contribution in [0.25, 0.3) is 10.6 Å². The average molecular weight is 319 g/mol. The number of carbonyl (C=O) groups is 1. The first-order valence-electron chi connectivity index (χ1n) is 8.09. The van der Waals surface area contributed by atoms with Crippen LogP contribution in [0.1, 0.15) is 39.5 Å². The molecular weight excluding hydrogens is 294 g/mol. The molecule has 2 rings (SSSR count). The molecule has 0 radical (unpaired) electrons. The Hall–Kier alpha value is -1.62. The second-order valence-corrected chi connectivity index (χ2v) is 6.45. The lowest BCUT2D eigenvalue weighted by molar-refractivity contribution is -0.125. The molecule has 22 heavy (non-hydrogen) atoms. The lowest BCUT2D eigenvalue weighted by Gasteiger charge is -2.15. The predicted molar refractivity (Wildman–Crippen MR) is 91.9 cm³/mol. The van der Waals surface area contributed by atoms with Crippen molar-refractivity contribution in [1.82, 2.24) is 15.1 Å². The number of nitrogens with one attached hydrogen (secondary N) is 1. The number of rotatable bonds is 9. The van der Waals surface area contributed by atoms with Gasteiger partial charge in [-0.3, -0.25) is 9.48 Å². The lowest BCUT2D eigenvalue weighted by Crippen LogP contribution is -2.33. The highest BCUT2D eigenvalue weighted by Gasteiger charge is 2.15. The number of amides is 1. The van der Waals surface area contributed by atoms with Gasteiger partial charge < -0.3 is 5.32 Å². The van der Waals surface area contributed by atoms with Crippen LogP contribution < -0.4 is 5.32 Å². The Morgan fingerprint density at radius 3 is 2.73 bits per heavy atom. The zero-order valence-electron chi connectivity index (χ0n) is 13.4. The Labute approximate surface area is 136 Å². The average Bonchev–Trinajstić information content (AvgIpc) is 3.17. The Balaban J connectivity index is 1.79. The Morgan fingerprint density at radius 1 is 1.32 bits per heavy atom. The van der Waals surface area contributed by atoms with Gasteiger partial charge in [-0.05, 0) is 30.4 Å². The van der Waals surface area contributed by atoms with Crippen molar-refractivity contribution in [3.05, 3.63) is 29.8 Å². The molecule has 1 amide bonds. The molecule has 2 aromatic heterocycles. The van der Waals surface area contributed by atoms with Gasteiger partial charge in [-0.15, -0.1) is 11.3 Å². The summed E-state index contributed by atoms with van der Waals surface area (Å²) < 4.78 is 1.89. The highest BCUT2D eigenvalue weighted by molar-refractivity contribution is 7.13. The zero-order chi connectivity index (χ0) is 15.8. The molecular formula is C17H25N3OS. The highest BCUT2D eigenvalue weighted by atomic mass is 32.1. The minimum Gasteiger partial charge on any atom is -0.354 e. The number of nitrogens with zero attached hydrogens (tertiary/aromatic N) is 2. The standard InChI is InChI=1S/C17H25N3OS/c1-3-6-14(7-4-2)17(21)18-10-12-20-11-9-15(19-20)16-8-5-13-22-16/h5,8-9,11,13-14H,3-4,6-7,10,12H2,1-2H3,(H,18,21). The maximum Gasteiger partial charge on any atom is 0.223 e. The van der Waals surface area contributed by atoms with Crippen LogP contribution >= 0.6 is 11.3 Å². The van der Waals surface area contributed by atoms with E-state index in [2.05, 4.69) is 35.7 Å².